The van der Waals surface area contributed by atoms with Gasteiger partial charge in [-0.3, -0.25) is 4.79 Å². The van der Waals surface area contributed by atoms with Crippen molar-refractivity contribution in [1.82, 2.24) is 5.32 Å². The number of ether oxygens (including phenoxy) is 1. The molecule has 1 unspecified atom stereocenters. The van der Waals surface area contributed by atoms with Crippen LogP contribution in [0.1, 0.15) is 24.1 Å². The molecular weight excluding hydrogens is 441 g/mol. The van der Waals surface area contributed by atoms with Gasteiger partial charge in [-0.25, -0.2) is 0 Å². The predicted octanol–water partition coefficient (Wildman–Crippen LogP) is 5.36. The molecule has 2 atom stereocenters. The van der Waals surface area contributed by atoms with Crippen LogP contribution in [-0.2, 0) is 15.7 Å². The summed E-state index contributed by atoms with van der Waals surface area (Å²) < 4.78 is 44.1. The number of nitrogens with zero attached hydrogens (tertiary/aromatic N) is 1. The van der Waals surface area contributed by atoms with Crippen molar-refractivity contribution in [2.24, 2.45) is 0 Å². The molecule has 0 aliphatic carbocycles. The van der Waals surface area contributed by atoms with E-state index in [0.29, 0.717) is 12.2 Å². The van der Waals surface area contributed by atoms with Gasteiger partial charge in [0.2, 0.25) is 0 Å². The highest BCUT2D eigenvalue weighted by Crippen LogP contribution is 2.31. The van der Waals surface area contributed by atoms with E-state index in [9.17, 15) is 18.0 Å². The number of halogens is 4. The van der Waals surface area contributed by atoms with Gasteiger partial charge in [-0.15, -0.1) is 12.4 Å². The van der Waals surface area contributed by atoms with Crippen LogP contribution in [0.15, 0.2) is 66.7 Å². The number of carbonyl (C=O) groups is 1. The summed E-state index contributed by atoms with van der Waals surface area (Å²) in [5, 5.41) is 5.81. The highest BCUT2D eigenvalue weighted by atomic mass is 35.5. The van der Waals surface area contributed by atoms with Gasteiger partial charge in [-0.05, 0) is 47.5 Å². The number of benzene rings is 3. The summed E-state index contributed by atoms with van der Waals surface area (Å²) in [7, 11) is 0. The Bertz CT molecular complexity index is 1070. The lowest BCUT2D eigenvalue weighted by Crippen LogP contribution is -2.50. The molecule has 0 aromatic heterocycles. The zero-order valence-electron chi connectivity index (χ0n) is 17.4. The number of amides is 1. The Labute approximate surface area is 190 Å². The molecule has 1 aliphatic rings. The van der Waals surface area contributed by atoms with Crippen LogP contribution >= 0.6 is 12.4 Å². The molecule has 1 fully saturated rings. The molecule has 1 amide bonds. The number of fused-ring (bicyclic) bond motifs is 1. The molecule has 1 N–H and O–H groups in total. The predicted molar refractivity (Wildman–Crippen MR) is 121 cm³/mol. The number of carbonyl (C=O) groups excluding carboxylic acids is 1. The van der Waals surface area contributed by atoms with Crippen LogP contribution in [0.5, 0.6) is 0 Å². The molecular formula is C24H24ClF3N2O2. The number of hydrogen-bond acceptors (Lipinski definition) is 3. The molecule has 1 saturated heterocycles. The van der Waals surface area contributed by atoms with E-state index in [1.54, 1.807) is 0 Å². The second kappa shape index (κ2) is 9.90. The summed E-state index contributed by atoms with van der Waals surface area (Å²) >= 11 is 0. The van der Waals surface area contributed by atoms with Crippen molar-refractivity contribution in [2.75, 3.05) is 24.6 Å². The topological polar surface area (TPSA) is 41.6 Å². The fourth-order valence-electron chi connectivity index (χ4n) is 3.87. The molecule has 3 aromatic rings. The number of nitrogens with one attached hydrogen (secondary N) is 1. The first kappa shape index (κ1) is 24.0. The van der Waals surface area contributed by atoms with Crippen molar-refractivity contribution in [3.05, 3.63) is 77.9 Å². The molecule has 1 heterocycles. The number of morpholine rings is 1. The first-order valence-corrected chi connectivity index (χ1v) is 10.1. The average molecular weight is 465 g/mol. The van der Waals surface area contributed by atoms with E-state index in [4.69, 9.17) is 4.74 Å². The minimum absolute atomic E-state index is 0. The molecule has 4 rings (SSSR count). The van der Waals surface area contributed by atoms with Crippen LogP contribution in [-0.4, -0.2) is 31.7 Å². The highest BCUT2D eigenvalue weighted by Gasteiger charge is 2.32. The number of alkyl halides is 3. The van der Waals surface area contributed by atoms with Crippen molar-refractivity contribution in [2.45, 2.75) is 25.2 Å². The Morgan fingerprint density at radius 2 is 1.75 bits per heavy atom. The first-order valence-electron chi connectivity index (χ1n) is 10.1. The lowest BCUT2D eigenvalue weighted by Gasteiger charge is -2.33. The molecule has 8 heteroatoms. The van der Waals surface area contributed by atoms with Crippen LogP contribution in [0.25, 0.3) is 10.8 Å². The van der Waals surface area contributed by atoms with Crippen molar-refractivity contribution in [1.29, 1.82) is 0 Å². The minimum Gasteiger partial charge on any atom is -0.365 e. The van der Waals surface area contributed by atoms with E-state index >= 15 is 0 Å². The van der Waals surface area contributed by atoms with Crippen molar-refractivity contribution >= 4 is 34.8 Å². The third-order valence-corrected chi connectivity index (χ3v) is 5.58. The molecule has 0 radical (unpaired) electrons. The first-order chi connectivity index (χ1) is 14.8. The third-order valence-electron chi connectivity index (χ3n) is 5.58. The molecule has 170 valence electrons. The van der Waals surface area contributed by atoms with E-state index in [2.05, 4.69) is 36.5 Å². The van der Waals surface area contributed by atoms with Gasteiger partial charge in [0.05, 0.1) is 18.2 Å². The Morgan fingerprint density at radius 3 is 2.47 bits per heavy atom. The summed E-state index contributed by atoms with van der Waals surface area (Å²) in [6.07, 6.45) is -4.67. The van der Waals surface area contributed by atoms with Crippen LogP contribution in [0.3, 0.4) is 0 Å². The van der Waals surface area contributed by atoms with Gasteiger partial charge >= 0.3 is 6.18 Å². The fraction of sp³-hybridized carbons (Fsp3) is 0.292. The van der Waals surface area contributed by atoms with Crippen LogP contribution in [0, 0.1) is 0 Å². The van der Waals surface area contributed by atoms with E-state index in [1.807, 2.05) is 18.2 Å². The second-order valence-corrected chi connectivity index (χ2v) is 7.68. The Kier molecular flexibility index (Phi) is 7.44. The van der Waals surface area contributed by atoms with Gasteiger partial charge in [0.1, 0.15) is 6.61 Å². The standard InChI is InChI=1S/C24H23F3N2O2.ClH/c1-16(21-8-4-6-17-5-2-3-7-22(17)21)28-13-20-14-29(23(30)15-31-20)19-11-9-18(10-12-19)24(25,26)27;/h2-12,16,20,28H,13-15H2,1H3;1H/t16-,20?;/m1./s1. The Hall–Kier alpha value is -2.61. The molecule has 3 aromatic carbocycles. The summed E-state index contributed by atoms with van der Waals surface area (Å²) in [4.78, 5) is 13.8. The molecule has 4 nitrogen and oxygen atoms in total. The largest absolute Gasteiger partial charge is 0.416 e. The number of anilines is 1. The van der Waals surface area contributed by atoms with Gasteiger partial charge in [0.15, 0.2) is 0 Å². The van der Waals surface area contributed by atoms with Gasteiger partial charge in [-0.1, -0.05) is 42.5 Å². The zero-order valence-corrected chi connectivity index (χ0v) is 18.2. The lowest BCUT2D eigenvalue weighted by molar-refractivity contribution is -0.137. The smallest absolute Gasteiger partial charge is 0.365 e. The van der Waals surface area contributed by atoms with Gasteiger partial charge < -0.3 is 15.0 Å². The third kappa shape index (κ3) is 5.23. The molecule has 32 heavy (non-hydrogen) atoms. The fourth-order valence-corrected chi connectivity index (χ4v) is 3.87. The maximum absolute atomic E-state index is 12.8. The van der Waals surface area contributed by atoms with Crippen molar-refractivity contribution in [3.63, 3.8) is 0 Å². The van der Waals surface area contributed by atoms with Gasteiger partial charge in [0, 0.05) is 18.3 Å². The monoisotopic (exact) mass is 464 g/mol. The maximum atomic E-state index is 12.8. The van der Waals surface area contributed by atoms with Gasteiger partial charge in [0.25, 0.3) is 5.91 Å². The van der Waals surface area contributed by atoms with E-state index in [1.165, 1.54) is 33.4 Å². The van der Waals surface area contributed by atoms with Crippen molar-refractivity contribution < 1.29 is 22.7 Å². The van der Waals surface area contributed by atoms with E-state index in [-0.39, 0.29) is 43.6 Å². The minimum atomic E-state index is -4.41. The normalized spacial score (nSPS) is 17.8. The molecule has 1 aliphatic heterocycles. The van der Waals surface area contributed by atoms with E-state index in [0.717, 1.165) is 12.1 Å². The van der Waals surface area contributed by atoms with E-state index < -0.39 is 11.7 Å². The second-order valence-electron chi connectivity index (χ2n) is 7.68. The Balaban J connectivity index is 0.00000289. The highest BCUT2D eigenvalue weighted by molar-refractivity contribution is 5.95. The SMILES string of the molecule is C[C@@H](NCC1CN(c2ccc(C(F)(F)F)cc2)C(=O)CO1)c1cccc2ccccc12.Cl. The van der Waals surface area contributed by atoms with Crippen LogP contribution in [0.2, 0.25) is 0 Å². The molecule has 0 saturated carbocycles. The number of hydrogen-bond donors (Lipinski definition) is 1. The van der Waals surface area contributed by atoms with Crippen molar-refractivity contribution in [3.8, 4) is 0 Å². The summed E-state index contributed by atoms with van der Waals surface area (Å²) in [6, 6.07) is 19.1. The molecule has 0 spiro atoms. The van der Waals surface area contributed by atoms with Crippen LogP contribution in [0.4, 0.5) is 18.9 Å². The lowest BCUT2D eigenvalue weighted by atomic mass is 9.99. The number of rotatable bonds is 5. The quantitative estimate of drug-likeness (QED) is 0.552. The summed E-state index contributed by atoms with van der Waals surface area (Å²) in [5.41, 5.74) is 0.872. The maximum Gasteiger partial charge on any atom is 0.416 e. The van der Waals surface area contributed by atoms with Gasteiger partial charge in [-0.2, -0.15) is 13.2 Å². The van der Waals surface area contributed by atoms with Crippen LogP contribution < -0.4 is 10.2 Å². The summed E-state index contributed by atoms with van der Waals surface area (Å²) in [6.45, 7) is 2.76. The molecule has 0 bridgehead atoms. The Morgan fingerprint density at radius 1 is 1.06 bits per heavy atom. The average Bonchev–Trinajstić information content (AvgIpc) is 2.77. The summed E-state index contributed by atoms with van der Waals surface area (Å²) in [5.74, 6) is -0.266. The zero-order chi connectivity index (χ0) is 22.0.